The molecule has 1 aromatic heterocycles. The number of carbonyl (C=O) groups is 2. The highest BCUT2D eigenvalue weighted by Gasteiger charge is 2.25. The zero-order valence-corrected chi connectivity index (χ0v) is 17.8. The van der Waals surface area contributed by atoms with Crippen LogP contribution in [0.1, 0.15) is 43.7 Å². The van der Waals surface area contributed by atoms with Gasteiger partial charge in [0.15, 0.2) is 0 Å². The maximum atomic E-state index is 13.2. The van der Waals surface area contributed by atoms with E-state index in [9.17, 15) is 9.59 Å². The number of thiophene rings is 1. The molecule has 2 amide bonds. The Bertz CT molecular complexity index is 753. The highest BCUT2D eigenvalue weighted by molar-refractivity contribution is 7.10. The van der Waals surface area contributed by atoms with Gasteiger partial charge in [0.25, 0.3) is 0 Å². The van der Waals surface area contributed by atoms with Gasteiger partial charge in [0.2, 0.25) is 11.8 Å². The molecule has 146 valence electrons. The van der Waals surface area contributed by atoms with Gasteiger partial charge in [0.1, 0.15) is 6.54 Å². The van der Waals surface area contributed by atoms with Crippen LogP contribution in [-0.4, -0.2) is 34.2 Å². The van der Waals surface area contributed by atoms with E-state index in [0.717, 1.165) is 5.56 Å². The molecule has 0 saturated heterocycles. The second-order valence-electron chi connectivity index (χ2n) is 7.48. The van der Waals surface area contributed by atoms with Crippen LogP contribution in [0.2, 0.25) is 0 Å². The average molecular weight is 387 g/mol. The lowest BCUT2D eigenvalue weighted by Crippen LogP contribution is -2.46. The number of nitrogens with zero attached hydrogens (tertiary/aromatic N) is 2. The van der Waals surface area contributed by atoms with Crippen LogP contribution in [0.25, 0.3) is 0 Å². The third kappa shape index (κ3) is 5.93. The summed E-state index contributed by atoms with van der Waals surface area (Å²) in [5.74, 6) is -0.123. The number of hydrogen-bond donors (Lipinski definition) is 0. The minimum absolute atomic E-state index is 0.00843. The molecule has 0 spiro atoms. The molecule has 0 unspecified atom stereocenters. The maximum absolute atomic E-state index is 13.2. The Balaban J connectivity index is 2.21. The molecule has 2 aromatic rings. The molecule has 4 nitrogen and oxygen atoms in total. The molecular weight excluding hydrogens is 356 g/mol. The van der Waals surface area contributed by atoms with Gasteiger partial charge in [0, 0.05) is 23.4 Å². The lowest BCUT2D eigenvalue weighted by molar-refractivity contribution is -0.144. The molecule has 5 heteroatoms. The second kappa shape index (κ2) is 9.70. The normalized spacial score (nSPS) is 11.1. The van der Waals surface area contributed by atoms with Crippen LogP contribution in [0.4, 0.5) is 0 Å². The molecule has 0 fully saturated rings. The third-order valence-corrected chi connectivity index (χ3v) is 5.59. The predicted molar refractivity (Wildman–Crippen MR) is 111 cm³/mol. The number of carbonyl (C=O) groups excluding carboxylic acids is 2. The molecule has 27 heavy (non-hydrogen) atoms. The van der Waals surface area contributed by atoms with Crippen molar-refractivity contribution in [3.63, 3.8) is 0 Å². The Kier molecular flexibility index (Phi) is 7.60. The predicted octanol–water partition coefficient (Wildman–Crippen LogP) is 4.48. The van der Waals surface area contributed by atoms with Crippen LogP contribution in [-0.2, 0) is 22.7 Å². The Hall–Kier alpha value is -2.14. The van der Waals surface area contributed by atoms with E-state index in [4.69, 9.17) is 0 Å². The van der Waals surface area contributed by atoms with Crippen LogP contribution in [0.5, 0.6) is 0 Å². The summed E-state index contributed by atoms with van der Waals surface area (Å²) < 4.78 is 0. The monoisotopic (exact) mass is 386 g/mol. The minimum atomic E-state index is -0.123. The van der Waals surface area contributed by atoms with E-state index in [1.54, 1.807) is 16.2 Å². The van der Waals surface area contributed by atoms with Gasteiger partial charge in [-0.3, -0.25) is 9.59 Å². The van der Waals surface area contributed by atoms with Gasteiger partial charge >= 0.3 is 0 Å². The third-order valence-electron chi connectivity index (χ3n) is 4.58. The lowest BCUT2D eigenvalue weighted by Gasteiger charge is -2.31. The molecule has 0 atom stereocenters. The fourth-order valence-electron chi connectivity index (χ4n) is 2.87. The number of benzene rings is 1. The van der Waals surface area contributed by atoms with Crippen molar-refractivity contribution in [2.45, 2.75) is 53.8 Å². The molecule has 0 radical (unpaired) electrons. The quantitative estimate of drug-likeness (QED) is 0.671. The van der Waals surface area contributed by atoms with Crippen LogP contribution in [0.15, 0.2) is 41.8 Å². The van der Waals surface area contributed by atoms with Crippen molar-refractivity contribution >= 4 is 23.2 Å². The first-order valence-corrected chi connectivity index (χ1v) is 10.3. The van der Waals surface area contributed by atoms with Gasteiger partial charge in [-0.25, -0.2) is 0 Å². The van der Waals surface area contributed by atoms with E-state index in [2.05, 4.69) is 18.4 Å². The van der Waals surface area contributed by atoms with Gasteiger partial charge in [-0.05, 0) is 43.3 Å². The number of amides is 2. The molecule has 0 aliphatic carbocycles. The molecule has 0 N–H and O–H groups in total. The Morgan fingerprint density at radius 3 is 2.19 bits per heavy atom. The Labute approximate surface area is 166 Å². The second-order valence-corrected chi connectivity index (χ2v) is 8.48. The van der Waals surface area contributed by atoms with Crippen LogP contribution >= 0.6 is 11.3 Å². The smallest absolute Gasteiger partial charge is 0.242 e. The first-order chi connectivity index (χ1) is 12.8. The number of rotatable bonds is 8. The zero-order valence-electron chi connectivity index (χ0n) is 16.9. The van der Waals surface area contributed by atoms with Crippen LogP contribution < -0.4 is 0 Å². The van der Waals surface area contributed by atoms with Crippen molar-refractivity contribution in [2.75, 3.05) is 6.54 Å². The van der Waals surface area contributed by atoms with E-state index in [-0.39, 0.29) is 30.3 Å². The fourth-order valence-corrected chi connectivity index (χ4v) is 3.79. The highest BCUT2D eigenvalue weighted by atomic mass is 32.1. The van der Waals surface area contributed by atoms with Gasteiger partial charge < -0.3 is 9.80 Å². The standard InChI is InChI=1S/C22H30N2O2S/c1-16(2)22(26)24(17(3)4)15-21(25)23(13-19-9-7-6-8-10-19)14-20-18(5)11-12-27-20/h6-12,16-17H,13-15H2,1-5H3. The van der Waals surface area contributed by atoms with Crippen LogP contribution in [0.3, 0.4) is 0 Å². The van der Waals surface area contributed by atoms with Gasteiger partial charge in [-0.1, -0.05) is 44.2 Å². The lowest BCUT2D eigenvalue weighted by atomic mass is 10.1. The Morgan fingerprint density at radius 1 is 1.00 bits per heavy atom. The van der Waals surface area contributed by atoms with Gasteiger partial charge in [-0.15, -0.1) is 11.3 Å². The SMILES string of the molecule is Cc1ccsc1CN(Cc1ccccc1)C(=O)CN(C(=O)C(C)C)C(C)C. The summed E-state index contributed by atoms with van der Waals surface area (Å²) >= 11 is 1.67. The Morgan fingerprint density at radius 2 is 1.67 bits per heavy atom. The van der Waals surface area contributed by atoms with Crippen molar-refractivity contribution in [1.29, 1.82) is 0 Å². The van der Waals surface area contributed by atoms with Crippen molar-refractivity contribution < 1.29 is 9.59 Å². The summed E-state index contributed by atoms with van der Waals surface area (Å²) in [6.07, 6.45) is 0. The summed E-state index contributed by atoms with van der Waals surface area (Å²) in [7, 11) is 0. The fraction of sp³-hybridized carbons (Fsp3) is 0.455. The molecule has 0 aliphatic heterocycles. The first kappa shape index (κ1) is 21.2. The van der Waals surface area contributed by atoms with Crippen LogP contribution in [0, 0.1) is 12.8 Å². The summed E-state index contributed by atoms with van der Waals surface area (Å²) in [4.78, 5) is 30.4. The molecule has 2 rings (SSSR count). The molecule has 1 heterocycles. The zero-order chi connectivity index (χ0) is 20.0. The highest BCUT2D eigenvalue weighted by Crippen LogP contribution is 2.20. The van der Waals surface area contributed by atoms with E-state index in [1.165, 1.54) is 10.4 Å². The molecule has 0 aliphatic rings. The van der Waals surface area contributed by atoms with Crippen molar-refractivity contribution in [2.24, 2.45) is 5.92 Å². The topological polar surface area (TPSA) is 40.6 Å². The maximum Gasteiger partial charge on any atom is 0.242 e. The van der Waals surface area contributed by atoms with E-state index in [0.29, 0.717) is 13.1 Å². The average Bonchev–Trinajstić information content (AvgIpc) is 3.03. The number of hydrogen-bond acceptors (Lipinski definition) is 3. The van der Waals surface area contributed by atoms with Gasteiger partial charge in [0.05, 0.1) is 6.54 Å². The van der Waals surface area contributed by atoms with E-state index >= 15 is 0 Å². The summed E-state index contributed by atoms with van der Waals surface area (Å²) in [6, 6.07) is 12.1. The molecular formula is C22H30N2O2S. The minimum Gasteiger partial charge on any atom is -0.332 e. The van der Waals surface area contributed by atoms with Crippen molar-refractivity contribution in [1.82, 2.24) is 9.80 Å². The molecule has 0 bridgehead atoms. The number of aryl methyl sites for hydroxylation is 1. The van der Waals surface area contributed by atoms with Crippen molar-refractivity contribution in [3.05, 3.63) is 57.8 Å². The summed E-state index contributed by atoms with van der Waals surface area (Å²) in [5, 5.41) is 2.05. The molecule has 0 saturated carbocycles. The van der Waals surface area contributed by atoms with E-state index in [1.807, 2.05) is 62.9 Å². The molecule has 1 aromatic carbocycles. The van der Waals surface area contributed by atoms with E-state index < -0.39 is 0 Å². The summed E-state index contributed by atoms with van der Waals surface area (Å²) in [5.41, 5.74) is 2.29. The van der Waals surface area contributed by atoms with Gasteiger partial charge in [-0.2, -0.15) is 0 Å². The van der Waals surface area contributed by atoms with Crippen molar-refractivity contribution in [3.8, 4) is 0 Å². The largest absolute Gasteiger partial charge is 0.332 e. The summed E-state index contributed by atoms with van der Waals surface area (Å²) in [6.45, 7) is 11.0. The first-order valence-electron chi connectivity index (χ1n) is 9.44.